The molecule has 1 N–H and O–H groups in total. The maximum Gasteiger partial charge on any atom is 0.338 e. The number of carbonyl (C=O) groups excluding carboxylic acids is 4. The normalized spacial score (nSPS) is 15.4. The minimum Gasteiger partial charge on any atom is -0.452 e. The summed E-state index contributed by atoms with van der Waals surface area (Å²) < 4.78 is 4.98. The van der Waals surface area contributed by atoms with Crippen molar-refractivity contribution in [1.82, 2.24) is 5.32 Å². The molecule has 1 aliphatic heterocycles. The number of rotatable bonds is 6. The van der Waals surface area contributed by atoms with E-state index >= 15 is 0 Å². The number of carbonyl (C=O) groups is 4. The molecule has 7 nitrogen and oxygen atoms in total. The molecule has 3 amide bonds. The molecular formula is C18H22N2O5. The smallest absolute Gasteiger partial charge is 0.338 e. The summed E-state index contributed by atoms with van der Waals surface area (Å²) in [6.45, 7) is 5.48. The van der Waals surface area contributed by atoms with Crippen LogP contribution < -0.4 is 10.2 Å². The van der Waals surface area contributed by atoms with Gasteiger partial charge in [0.25, 0.3) is 5.91 Å². The highest BCUT2D eigenvalue weighted by atomic mass is 16.5. The van der Waals surface area contributed by atoms with E-state index in [0.29, 0.717) is 5.69 Å². The van der Waals surface area contributed by atoms with Gasteiger partial charge in [0.1, 0.15) is 0 Å². The Hall–Kier alpha value is -2.70. The highest BCUT2D eigenvalue weighted by molar-refractivity contribution is 6.19. The fraction of sp³-hybridized carbons (Fsp3) is 0.444. The molecule has 1 aromatic rings. The van der Waals surface area contributed by atoms with Gasteiger partial charge in [0.2, 0.25) is 11.8 Å². The van der Waals surface area contributed by atoms with E-state index in [1.807, 2.05) is 20.8 Å². The van der Waals surface area contributed by atoms with Crippen LogP contribution in [0.3, 0.4) is 0 Å². The lowest BCUT2D eigenvalue weighted by Gasteiger charge is -2.17. The number of nitrogens with zero attached hydrogens (tertiary/aromatic N) is 1. The summed E-state index contributed by atoms with van der Waals surface area (Å²) in [4.78, 5) is 48.2. The summed E-state index contributed by atoms with van der Waals surface area (Å²) in [5, 5.41) is 2.74. The topological polar surface area (TPSA) is 92.8 Å². The molecule has 0 saturated carbocycles. The van der Waals surface area contributed by atoms with Crippen LogP contribution in [-0.4, -0.2) is 36.3 Å². The predicted molar refractivity (Wildman–Crippen MR) is 90.9 cm³/mol. The van der Waals surface area contributed by atoms with Gasteiger partial charge in [-0.25, -0.2) is 4.79 Å². The lowest BCUT2D eigenvalue weighted by atomic mass is 10.1. The van der Waals surface area contributed by atoms with Gasteiger partial charge in [-0.05, 0) is 37.1 Å². The van der Waals surface area contributed by atoms with Crippen molar-refractivity contribution in [2.75, 3.05) is 11.5 Å². The average Bonchev–Trinajstić information content (AvgIpc) is 2.91. The van der Waals surface area contributed by atoms with Crippen LogP contribution in [0, 0.1) is 5.92 Å². The van der Waals surface area contributed by atoms with Crippen LogP contribution in [0.2, 0.25) is 0 Å². The van der Waals surface area contributed by atoms with Crippen LogP contribution >= 0.6 is 0 Å². The van der Waals surface area contributed by atoms with Gasteiger partial charge in [-0.2, -0.15) is 0 Å². The number of anilines is 1. The van der Waals surface area contributed by atoms with E-state index in [2.05, 4.69) is 5.32 Å². The second kappa shape index (κ2) is 7.92. The van der Waals surface area contributed by atoms with Crippen molar-refractivity contribution < 1.29 is 23.9 Å². The van der Waals surface area contributed by atoms with Crippen LogP contribution in [0.5, 0.6) is 0 Å². The number of amides is 3. The lowest BCUT2D eigenvalue weighted by Crippen LogP contribution is -2.38. The molecule has 0 unspecified atom stereocenters. The van der Waals surface area contributed by atoms with Gasteiger partial charge in [0, 0.05) is 18.9 Å². The summed E-state index contributed by atoms with van der Waals surface area (Å²) in [7, 11) is 0. The first-order chi connectivity index (χ1) is 11.8. The van der Waals surface area contributed by atoms with Gasteiger partial charge >= 0.3 is 5.97 Å². The van der Waals surface area contributed by atoms with Crippen LogP contribution in [0.1, 0.15) is 44.0 Å². The van der Waals surface area contributed by atoms with Gasteiger partial charge < -0.3 is 10.1 Å². The number of imide groups is 1. The zero-order chi connectivity index (χ0) is 18.6. The Bertz CT molecular complexity index is 665. The molecule has 25 heavy (non-hydrogen) atoms. The van der Waals surface area contributed by atoms with Crippen molar-refractivity contribution in [3.05, 3.63) is 29.8 Å². The summed E-state index contributed by atoms with van der Waals surface area (Å²) in [6, 6.07) is 5.94. The molecule has 0 aromatic heterocycles. The average molecular weight is 346 g/mol. The Morgan fingerprint density at radius 3 is 2.16 bits per heavy atom. The summed E-state index contributed by atoms with van der Waals surface area (Å²) >= 11 is 0. The molecule has 1 atom stereocenters. The number of esters is 1. The van der Waals surface area contributed by atoms with Crippen LogP contribution in [-0.2, 0) is 19.1 Å². The number of hydrogen-bond acceptors (Lipinski definition) is 5. The zero-order valence-electron chi connectivity index (χ0n) is 14.6. The van der Waals surface area contributed by atoms with Crippen molar-refractivity contribution >= 4 is 29.4 Å². The largest absolute Gasteiger partial charge is 0.452 e. The zero-order valence-corrected chi connectivity index (χ0v) is 14.6. The van der Waals surface area contributed by atoms with E-state index in [9.17, 15) is 19.2 Å². The van der Waals surface area contributed by atoms with Crippen molar-refractivity contribution in [2.45, 2.75) is 39.7 Å². The van der Waals surface area contributed by atoms with E-state index < -0.39 is 5.97 Å². The number of nitrogens with one attached hydrogen (secondary N) is 1. The second-order valence-electron chi connectivity index (χ2n) is 6.35. The van der Waals surface area contributed by atoms with Crippen LogP contribution in [0.4, 0.5) is 5.69 Å². The third kappa shape index (κ3) is 4.65. The van der Waals surface area contributed by atoms with Crippen LogP contribution in [0.15, 0.2) is 24.3 Å². The summed E-state index contributed by atoms with van der Waals surface area (Å²) in [6.07, 6.45) is 0.402. The summed E-state index contributed by atoms with van der Waals surface area (Å²) in [5.41, 5.74) is 0.667. The Kier molecular flexibility index (Phi) is 5.90. The van der Waals surface area contributed by atoms with Gasteiger partial charge in [-0.3, -0.25) is 19.3 Å². The van der Waals surface area contributed by atoms with Gasteiger partial charge in [0.05, 0.1) is 11.3 Å². The molecule has 134 valence electrons. The minimum atomic E-state index is -0.641. The fourth-order valence-electron chi connectivity index (χ4n) is 2.29. The van der Waals surface area contributed by atoms with E-state index in [-0.39, 0.29) is 54.7 Å². The third-order valence-electron chi connectivity index (χ3n) is 4.14. The number of hydrogen-bond donors (Lipinski definition) is 1. The molecular weight excluding hydrogens is 324 g/mol. The molecule has 0 radical (unpaired) electrons. The molecule has 1 saturated heterocycles. The second-order valence-corrected chi connectivity index (χ2v) is 6.35. The van der Waals surface area contributed by atoms with E-state index in [4.69, 9.17) is 4.74 Å². The Balaban J connectivity index is 1.91. The van der Waals surface area contributed by atoms with Gasteiger partial charge in [-0.1, -0.05) is 13.8 Å². The molecule has 7 heteroatoms. The molecule has 0 bridgehead atoms. The Labute approximate surface area is 146 Å². The maximum absolute atomic E-state index is 12.0. The first-order valence-corrected chi connectivity index (χ1v) is 8.22. The highest BCUT2D eigenvalue weighted by Gasteiger charge is 2.30. The molecule has 2 rings (SSSR count). The summed E-state index contributed by atoms with van der Waals surface area (Å²) in [5.74, 6) is -1.23. The van der Waals surface area contributed by atoms with Gasteiger partial charge in [0.15, 0.2) is 6.61 Å². The number of benzene rings is 1. The predicted octanol–water partition coefficient (Wildman–Crippen LogP) is 1.66. The first kappa shape index (κ1) is 18.6. The minimum absolute atomic E-state index is 0.0129. The lowest BCUT2D eigenvalue weighted by molar-refractivity contribution is -0.125. The maximum atomic E-state index is 12.0. The molecule has 0 aliphatic carbocycles. The van der Waals surface area contributed by atoms with E-state index in [0.717, 1.165) is 4.90 Å². The SMILES string of the molecule is CC(C)[C@@H](C)NC(=O)COC(=O)c1ccc(N2C(=O)CCC2=O)cc1. The monoisotopic (exact) mass is 346 g/mol. The molecule has 1 fully saturated rings. The standard InChI is InChI=1S/C18H22N2O5/c1-11(2)12(3)19-15(21)10-25-18(24)13-4-6-14(7-5-13)20-16(22)8-9-17(20)23/h4-7,11-12H,8-10H2,1-3H3,(H,19,21)/t12-/m1/s1. The Morgan fingerprint density at radius 2 is 1.64 bits per heavy atom. The van der Waals surface area contributed by atoms with Crippen LogP contribution in [0.25, 0.3) is 0 Å². The molecule has 1 heterocycles. The molecule has 1 aromatic carbocycles. The van der Waals surface area contributed by atoms with Crippen molar-refractivity contribution in [3.8, 4) is 0 Å². The van der Waals surface area contributed by atoms with Crippen molar-refractivity contribution in [1.29, 1.82) is 0 Å². The quantitative estimate of drug-likeness (QED) is 0.625. The van der Waals surface area contributed by atoms with E-state index in [1.54, 1.807) is 0 Å². The molecule has 1 aliphatic rings. The fourth-order valence-corrected chi connectivity index (χ4v) is 2.29. The molecule has 0 spiro atoms. The first-order valence-electron chi connectivity index (χ1n) is 8.22. The third-order valence-corrected chi connectivity index (χ3v) is 4.14. The van der Waals surface area contributed by atoms with E-state index in [1.165, 1.54) is 24.3 Å². The Morgan fingerprint density at radius 1 is 1.08 bits per heavy atom. The van der Waals surface area contributed by atoms with Crippen molar-refractivity contribution in [3.63, 3.8) is 0 Å². The van der Waals surface area contributed by atoms with Crippen molar-refractivity contribution in [2.24, 2.45) is 5.92 Å². The van der Waals surface area contributed by atoms with Gasteiger partial charge in [-0.15, -0.1) is 0 Å². The highest BCUT2D eigenvalue weighted by Crippen LogP contribution is 2.22. The number of ether oxygens (including phenoxy) is 1.